The first-order valence-corrected chi connectivity index (χ1v) is 6.45. The maximum atomic E-state index is 13.9. The Morgan fingerprint density at radius 1 is 1.29 bits per heavy atom. The number of rotatable bonds is 4. The second-order valence-electron chi connectivity index (χ2n) is 4.25. The minimum Gasteiger partial charge on any atom is -0.465 e. The molecule has 0 radical (unpaired) electrons. The van der Waals surface area contributed by atoms with Crippen LogP contribution in [0.15, 0.2) is 36.4 Å². The van der Waals surface area contributed by atoms with Gasteiger partial charge in [-0.2, -0.15) is 0 Å². The van der Waals surface area contributed by atoms with E-state index in [2.05, 4.69) is 10.1 Å². The molecule has 1 N–H and O–H groups in total. The van der Waals surface area contributed by atoms with Gasteiger partial charge < -0.3 is 10.1 Å². The van der Waals surface area contributed by atoms with Crippen LogP contribution in [0.5, 0.6) is 0 Å². The summed E-state index contributed by atoms with van der Waals surface area (Å²) >= 11 is 5.66. The predicted octanol–water partition coefficient (Wildman–Crippen LogP) is 4.02. The summed E-state index contributed by atoms with van der Waals surface area (Å²) in [5.74, 6) is -1.78. The summed E-state index contributed by atoms with van der Waals surface area (Å²) in [4.78, 5) is 11.3. The van der Waals surface area contributed by atoms with E-state index in [1.165, 1.54) is 31.4 Å². The molecule has 2 aromatic rings. The summed E-state index contributed by atoms with van der Waals surface area (Å²) in [7, 11) is 1.22. The van der Waals surface area contributed by atoms with Crippen molar-refractivity contribution in [3.8, 4) is 0 Å². The fourth-order valence-electron chi connectivity index (χ4n) is 1.77. The molecule has 2 rings (SSSR count). The molecule has 0 spiro atoms. The maximum Gasteiger partial charge on any atom is 0.337 e. The van der Waals surface area contributed by atoms with E-state index in [-0.39, 0.29) is 22.8 Å². The number of halogens is 3. The standard InChI is InChI=1S/C15H12ClF2NO2/c1-21-15(20)9-5-6-10(12(17)7-9)8-19-13-4-2-3-11(16)14(13)18/h2-7,19H,8H2,1H3. The number of carbonyl (C=O) groups is 1. The quantitative estimate of drug-likeness (QED) is 0.867. The Morgan fingerprint density at radius 2 is 2.05 bits per heavy atom. The lowest BCUT2D eigenvalue weighted by atomic mass is 10.1. The number of methoxy groups -OCH3 is 1. The molecule has 0 fully saturated rings. The van der Waals surface area contributed by atoms with Crippen molar-refractivity contribution in [1.29, 1.82) is 0 Å². The van der Waals surface area contributed by atoms with Gasteiger partial charge >= 0.3 is 5.97 Å². The zero-order chi connectivity index (χ0) is 15.4. The Balaban J connectivity index is 2.13. The average Bonchev–Trinajstić information content (AvgIpc) is 2.49. The van der Waals surface area contributed by atoms with E-state index in [0.29, 0.717) is 5.56 Å². The number of esters is 1. The summed E-state index contributed by atoms with van der Waals surface area (Å²) in [6, 6.07) is 8.48. The average molecular weight is 312 g/mol. The van der Waals surface area contributed by atoms with Gasteiger partial charge in [0, 0.05) is 12.1 Å². The number of hydrogen-bond acceptors (Lipinski definition) is 3. The van der Waals surface area contributed by atoms with Gasteiger partial charge in [0.1, 0.15) is 5.82 Å². The molecular formula is C15H12ClF2NO2. The van der Waals surface area contributed by atoms with Gasteiger partial charge in [-0.15, -0.1) is 0 Å². The van der Waals surface area contributed by atoms with Gasteiger partial charge in [0.05, 0.1) is 23.4 Å². The molecule has 2 aromatic carbocycles. The third-order valence-corrected chi connectivity index (χ3v) is 3.19. The Morgan fingerprint density at radius 3 is 2.71 bits per heavy atom. The van der Waals surface area contributed by atoms with E-state index >= 15 is 0 Å². The van der Waals surface area contributed by atoms with Gasteiger partial charge in [0.25, 0.3) is 0 Å². The smallest absolute Gasteiger partial charge is 0.337 e. The summed E-state index contributed by atoms with van der Waals surface area (Å²) in [6.07, 6.45) is 0. The third kappa shape index (κ3) is 3.49. The van der Waals surface area contributed by atoms with Gasteiger partial charge in [-0.3, -0.25) is 0 Å². The fourth-order valence-corrected chi connectivity index (χ4v) is 1.94. The fraction of sp³-hybridized carbons (Fsp3) is 0.133. The Kier molecular flexibility index (Phi) is 4.75. The Bertz CT molecular complexity index is 677. The normalized spacial score (nSPS) is 10.3. The second-order valence-corrected chi connectivity index (χ2v) is 4.66. The molecule has 0 aliphatic carbocycles. The van der Waals surface area contributed by atoms with Crippen LogP contribution in [-0.2, 0) is 11.3 Å². The molecule has 6 heteroatoms. The van der Waals surface area contributed by atoms with Crippen LogP contribution in [0.4, 0.5) is 14.5 Å². The summed E-state index contributed by atoms with van der Waals surface area (Å²) in [5.41, 5.74) is 0.591. The van der Waals surface area contributed by atoms with Crippen molar-refractivity contribution in [3.05, 3.63) is 64.2 Å². The van der Waals surface area contributed by atoms with Crippen molar-refractivity contribution in [2.24, 2.45) is 0 Å². The van der Waals surface area contributed by atoms with Crippen LogP contribution in [0.2, 0.25) is 5.02 Å². The van der Waals surface area contributed by atoms with E-state index in [4.69, 9.17) is 11.6 Å². The van der Waals surface area contributed by atoms with E-state index in [1.54, 1.807) is 6.07 Å². The highest BCUT2D eigenvalue weighted by Crippen LogP contribution is 2.23. The Labute approximate surface area is 125 Å². The highest BCUT2D eigenvalue weighted by atomic mass is 35.5. The van der Waals surface area contributed by atoms with Crippen molar-refractivity contribution < 1.29 is 18.3 Å². The number of anilines is 1. The van der Waals surface area contributed by atoms with Crippen LogP contribution in [0, 0.1) is 11.6 Å². The first kappa shape index (κ1) is 15.3. The minimum atomic E-state index is -0.616. The van der Waals surface area contributed by atoms with Crippen LogP contribution in [0.25, 0.3) is 0 Å². The van der Waals surface area contributed by atoms with Crippen LogP contribution in [0.1, 0.15) is 15.9 Å². The number of hydrogen-bond donors (Lipinski definition) is 1. The molecule has 21 heavy (non-hydrogen) atoms. The molecule has 0 aliphatic rings. The highest BCUT2D eigenvalue weighted by Gasteiger charge is 2.11. The van der Waals surface area contributed by atoms with E-state index < -0.39 is 17.6 Å². The van der Waals surface area contributed by atoms with Crippen LogP contribution in [0.3, 0.4) is 0 Å². The lowest BCUT2D eigenvalue weighted by Gasteiger charge is -2.10. The zero-order valence-corrected chi connectivity index (χ0v) is 11.9. The van der Waals surface area contributed by atoms with Crippen molar-refractivity contribution in [3.63, 3.8) is 0 Å². The maximum absolute atomic E-state index is 13.9. The van der Waals surface area contributed by atoms with Crippen LogP contribution in [-0.4, -0.2) is 13.1 Å². The lowest BCUT2D eigenvalue weighted by Crippen LogP contribution is -2.06. The largest absolute Gasteiger partial charge is 0.465 e. The van der Waals surface area contributed by atoms with E-state index in [0.717, 1.165) is 6.07 Å². The SMILES string of the molecule is COC(=O)c1ccc(CNc2cccc(Cl)c2F)c(F)c1. The summed E-state index contributed by atoms with van der Waals surface area (Å²) in [6.45, 7) is 0.0601. The minimum absolute atomic E-state index is 0.0125. The molecule has 0 aliphatic heterocycles. The second kappa shape index (κ2) is 6.54. The van der Waals surface area contributed by atoms with Crippen molar-refractivity contribution in [2.75, 3.05) is 12.4 Å². The van der Waals surface area contributed by atoms with Crippen LogP contribution >= 0.6 is 11.6 Å². The molecule has 0 saturated carbocycles. The molecule has 0 aromatic heterocycles. The monoisotopic (exact) mass is 311 g/mol. The Hall–Kier alpha value is -2.14. The van der Waals surface area contributed by atoms with E-state index in [1.807, 2.05) is 0 Å². The topological polar surface area (TPSA) is 38.3 Å². The van der Waals surface area contributed by atoms with Gasteiger partial charge in [-0.25, -0.2) is 13.6 Å². The molecule has 0 unspecified atom stereocenters. The summed E-state index contributed by atoms with van der Waals surface area (Å²) < 4.78 is 32.0. The molecule has 0 saturated heterocycles. The molecule has 0 amide bonds. The molecule has 0 atom stereocenters. The van der Waals surface area contributed by atoms with Gasteiger partial charge in [-0.05, 0) is 24.3 Å². The first-order chi connectivity index (χ1) is 10.0. The number of ether oxygens (including phenoxy) is 1. The zero-order valence-electron chi connectivity index (χ0n) is 11.1. The van der Waals surface area contributed by atoms with Crippen LogP contribution < -0.4 is 5.32 Å². The van der Waals surface area contributed by atoms with Crippen molar-refractivity contribution in [2.45, 2.75) is 6.54 Å². The molecule has 110 valence electrons. The number of benzene rings is 2. The molecule has 3 nitrogen and oxygen atoms in total. The van der Waals surface area contributed by atoms with Gasteiger partial charge in [-0.1, -0.05) is 23.7 Å². The van der Waals surface area contributed by atoms with Gasteiger partial charge in [0.2, 0.25) is 0 Å². The summed E-state index contributed by atoms with van der Waals surface area (Å²) in [5, 5.41) is 2.75. The number of carbonyl (C=O) groups excluding carboxylic acids is 1. The number of nitrogens with one attached hydrogen (secondary N) is 1. The predicted molar refractivity (Wildman–Crippen MR) is 76.5 cm³/mol. The molecule has 0 bridgehead atoms. The molecule has 0 heterocycles. The molecular weight excluding hydrogens is 300 g/mol. The van der Waals surface area contributed by atoms with Crippen molar-refractivity contribution in [1.82, 2.24) is 0 Å². The first-order valence-electron chi connectivity index (χ1n) is 6.07. The third-order valence-electron chi connectivity index (χ3n) is 2.90. The van der Waals surface area contributed by atoms with E-state index in [9.17, 15) is 13.6 Å². The van der Waals surface area contributed by atoms with Crippen molar-refractivity contribution >= 4 is 23.3 Å². The van der Waals surface area contributed by atoms with Gasteiger partial charge in [0.15, 0.2) is 5.82 Å². The lowest BCUT2D eigenvalue weighted by molar-refractivity contribution is 0.0600. The highest BCUT2D eigenvalue weighted by molar-refractivity contribution is 6.31.